The summed E-state index contributed by atoms with van der Waals surface area (Å²) in [6.45, 7) is 0. The maximum Gasteiger partial charge on any atom is 0.238 e. The van der Waals surface area contributed by atoms with Crippen LogP contribution in [0.1, 0.15) is 18.0 Å². The topological polar surface area (TPSA) is 68.3 Å². The second-order valence-corrected chi connectivity index (χ2v) is 6.65. The van der Waals surface area contributed by atoms with E-state index in [4.69, 9.17) is 17.3 Å². The molecule has 2 heterocycles. The molecule has 0 spiro atoms. The minimum atomic E-state index is -0.525. The average molecular weight is 354 g/mol. The quantitative estimate of drug-likeness (QED) is 0.567. The molecular formula is C19H16ClN3O2. The molecule has 4 rings (SSSR count). The first-order valence-electron chi connectivity index (χ1n) is 7.93. The summed E-state index contributed by atoms with van der Waals surface area (Å²) in [5, 5.41) is 1.52. The van der Waals surface area contributed by atoms with Crippen molar-refractivity contribution < 1.29 is 9.59 Å². The first-order chi connectivity index (χ1) is 12.0. The maximum atomic E-state index is 12.6. The first kappa shape index (κ1) is 15.7. The molecule has 3 aromatic rings. The number of amides is 2. The standard InChI is InChI=1S/C19H16ClN3O2/c1-22-18(24)10-13(19(22)25)17-9-11-8-12(20)6-7-15(11)23(17)16-5-3-2-4-14(16)21/h2-9,13H,10,21H2,1H3. The second kappa shape index (κ2) is 5.63. The van der Waals surface area contributed by atoms with E-state index in [0.717, 1.165) is 22.3 Å². The Morgan fingerprint density at radius 1 is 1.12 bits per heavy atom. The highest BCUT2D eigenvalue weighted by atomic mass is 35.5. The molecule has 1 aliphatic rings. The second-order valence-electron chi connectivity index (χ2n) is 6.21. The molecule has 6 heteroatoms. The van der Waals surface area contributed by atoms with Crippen molar-refractivity contribution >= 4 is 40.0 Å². The Kier molecular flexibility index (Phi) is 3.54. The fourth-order valence-corrected chi connectivity index (χ4v) is 3.59. The molecule has 0 aliphatic carbocycles. The normalized spacial score (nSPS) is 17.7. The lowest BCUT2D eigenvalue weighted by atomic mass is 10.0. The highest BCUT2D eigenvalue weighted by molar-refractivity contribution is 6.31. The van der Waals surface area contributed by atoms with Crippen LogP contribution in [0.3, 0.4) is 0 Å². The number of hydrogen-bond donors (Lipinski definition) is 1. The van der Waals surface area contributed by atoms with Gasteiger partial charge in [-0.25, -0.2) is 0 Å². The van der Waals surface area contributed by atoms with Crippen LogP contribution >= 0.6 is 11.6 Å². The number of carbonyl (C=O) groups excluding carboxylic acids is 2. The predicted molar refractivity (Wildman–Crippen MR) is 97.8 cm³/mol. The zero-order valence-corrected chi connectivity index (χ0v) is 14.3. The lowest BCUT2D eigenvalue weighted by Crippen LogP contribution is -2.25. The summed E-state index contributed by atoms with van der Waals surface area (Å²) in [7, 11) is 1.52. The van der Waals surface area contributed by atoms with E-state index in [1.807, 2.05) is 47.0 Å². The van der Waals surface area contributed by atoms with Crippen molar-refractivity contribution in [3.8, 4) is 5.69 Å². The number of para-hydroxylation sites is 2. The van der Waals surface area contributed by atoms with Crippen molar-refractivity contribution in [3.63, 3.8) is 0 Å². The van der Waals surface area contributed by atoms with E-state index < -0.39 is 5.92 Å². The molecule has 1 fully saturated rings. The molecule has 1 unspecified atom stereocenters. The van der Waals surface area contributed by atoms with E-state index in [1.165, 1.54) is 11.9 Å². The lowest BCUT2D eigenvalue weighted by molar-refractivity contribution is -0.137. The molecule has 0 saturated carbocycles. The Balaban J connectivity index is 2.01. The number of nitrogens with zero attached hydrogens (tertiary/aromatic N) is 2. The van der Waals surface area contributed by atoms with Gasteiger partial charge in [-0.3, -0.25) is 14.5 Å². The number of fused-ring (bicyclic) bond motifs is 1. The Morgan fingerprint density at radius 2 is 1.88 bits per heavy atom. The molecule has 2 aromatic carbocycles. The van der Waals surface area contributed by atoms with Crippen LogP contribution in [0.25, 0.3) is 16.6 Å². The molecule has 1 saturated heterocycles. The Bertz CT molecular complexity index is 1020. The number of anilines is 1. The van der Waals surface area contributed by atoms with Gasteiger partial charge in [-0.1, -0.05) is 23.7 Å². The fourth-order valence-electron chi connectivity index (χ4n) is 3.41. The first-order valence-corrected chi connectivity index (χ1v) is 8.31. The van der Waals surface area contributed by atoms with Crippen LogP contribution in [0.5, 0.6) is 0 Å². The monoisotopic (exact) mass is 353 g/mol. The Labute approximate surface area is 149 Å². The summed E-state index contributed by atoms with van der Waals surface area (Å²) in [6, 6.07) is 14.9. The van der Waals surface area contributed by atoms with Crippen LogP contribution < -0.4 is 5.73 Å². The average Bonchev–Trinajstić information content (AvgIpc) is 3.07. The molecule has 0 bridgehead atoms. The van der Waals surface area contributed by atoms with Crippen molar-refractivity contribution in [2.75, 3.05) is 12.8 Å². The van der Waals surface area contributed by atoms with Crippen LogP contribution in [-0.2, 0) is 9.59 Å². The summed E-state index contributed by atoms with van der Waals surface area (Å²) >= 11 is 6.13. The van der Waals surface area contributed by atoms with Gasteiger partial charge in [0, 0.05) is 29.6 Å². The van der Waals surface area contributed by atoms with Gasteiger partial charge in [-0.05, 0) is 36.4 Å². The van der Waals surface area contributed by atoms with Crippen LogP contribution in [0, 0.1) is 0 Å². The van der Waals surface area contributed by atoms with E-state index in [-0.39, 0.29) is 18.2 Å². The van der Waals surface area contributed by atoms with Gasteiger partial charge in [0.05, 0.1) is 22.8 Å². The van der Waals surface area contributed by atoms with Gasteiger partial charge in [-0.2, -0.15) is 0 Å². The molecular weight excluding hydrogens is 338 g/mol. The van der Waals surface area contributed by atoms with Crippen LogP contribution in [-0.4, -0.2) is 28.3 Å². The van der Waals surface area contributed by atoms with Crippen molar-refractivity contribution in [2.24, 2.45) is 0 Å². The molecule has 0 radical (unpaired) electrons. The zero-order chi connectivity index (χ0) is 17.7. The van der Waals surface area contributed by atoms with E-state index in [1.54, 1.807) is 6.07 Å². The number of aromatic nitrogens is 1. The van der Waals surface area contributed by atoms with Gasteiger partial charge >= 0.3 is 0 Å². The van der Waals surface area contributed by atoms with E-state index in [2.05, 4.69) is 0 Å². The number of likely N-dealkylation sites (tertiary alicyclic amines) is 1. The Hall–Kier alpha value is -2.79. The third-order valence-corrected chi connectivity index (χ3v) is 4.94. The number of benzene rings is 2. The molecule has 2 amide bonds. The number of nitrogens with two attached hydrogens (primary N) is 1. The summed E-state index contributed by atoms with van der Waals surface area (Å²) in [5.74, 6) is -0.899. The minimum absolute atomic E-state index is 0.159. The van der Waals surface area contributed by atoms with Crippen molar-refractivity contribution in [3.05, 3.63) is 59.2 Å². The van der Waals surface area contributed by atoms with Crippen molar-refractivity contribution in [2.45, 2.75) is 12.3 Å². The molecule has 1 aromatic heterocycles. The summed E-state index contributed by atoms with van der Waals surface area (Å²) < 4.78 is 1.95. The molecule has 126 valence electrons. The minimum Gasteiger partial charge on any atom is -0.397 e. The smallest absolute Gasteiger partial charge is 0.238 e. The maximum absolute atomic E-state index is 12.6. The third-order valence-electron chi connectivity index (χ3n) is 4.71. The van der Waals surface area contributed by atoms with Gasteiger partial charge in [0.15, 0.2) is 0 Å². The SMILES string of the molecule is CN1C(=O)CC(c2cc3cc(Cl)ccc3n2-c2ccccc2N)C1=O. The van der Waals surface area contributed by atoms with Gasteiger partial charge in [0.2, 0.25) is 11.8 Å². The largest absolute Gasteiger partial charge is 0.397 e. The summed E-state index contributed by atoms with van der Waals surface area (Å²) in [4.78, 5) is 25.8. The molecule has 25 heavy (non-hydrogen) atoms. The number of halogens is 1. The van der Waals surface area contributed by atoms with E-state index >= 15 is 0 Å². The third kappa shape index (κ3) is 2.39. The number of carbonyl (C=O) groups is 2. The highest BCUT2D eigenvalue weighted by Gasteiger charge is 2.39. The predicted octanol–water partition coefficient (Wildman–Crippen LogP) is 3.34. The summed E-state index contributed by atoms with van der Waals surface area (Å²) in [5.41, 5.74) is 9.20. The van der Waals surface area contributed by atoms with Gasteiger partial charge in [-0.15, -0.1) is 0 Å². The Morgan fingerprint density at radius 3 is 2.56 bits per heavy atom. The van der Waals surface area contributed by atoms with Gasteiger partial charge in [0.25, 0.3) is 0 Å². The van der Waals surface area contributed by atoms with Gasteiger partial charge < -0.3 is 10.3 Å². The van der Waals surface area contributed by atoms with Crippen molar-refractivity contribution in [1.82, 2.24) is 9.47 Å². The highest BCUT2D eigenvalue weighted by Crippen LogP contribution is 2.37. The zero-order valence-electron chi connectivity index (χ0n) is 13.6. The number of imide groups is 1. The van der Waals surface area contributed by atoms with Gasteiger partial charge in [0.1, 0.15) is 0 Å². The fraction of sp³-hybridized carbons (Fsp3) is 0.158. The van der Waals surface area contributed by atoms with Crippen LogP contribution in [0.4, 0.5) is 5.69 Å². The number of likely N-dealkylation sites (N-methyl/N-ethyl adjacent to an activating group) is 1. The summed E-state index contributed by atoms with van der Waals surface area (Å²) in [6.07, 6.45) is 0.159. The molecule has 1 aliphatic heterocycles. The van der Waals surface area contributed by atoms with Crippen LogP contribution in [0.2, 0.25) is 5.02 Å². The van der Waals surface area contributed by atoms with E-state index in [0.29, 0.717) is 10.7 Å². The van der Waals surface area contributed by atoms with Crippen LogP contribution in [0.15, 0.2) is 48.5 Å². The molecule has 2 N–H and O–H groups in total. The number of rotatable bonds is 2. The molecule has 1 atom stereocenters. The molecule has 5 nitrogen and oxygen atoms in total. The number of hydrogen-bond acceptors (Lipinski definition) is 3. The van der Waals surface area contributed by atoms with E-state index in [9.17, 15) is 9.59 Å². The number of nitrogen functional groups attached to an aromatic ring is 1. The van der Waals surface area contributed by atoms with Crippen molar-refractivity contribution in [1.29, 1.82) is 0 Å². The lowest BCUT2D eigenvalue weighted by Gasteiger charge is -2.16.